The van der Waals surface area contributed by atoms with E-state index in [1.807, 2.05) is 6.07 Å². The molecule has 1 heterocycles. The Morgan fingerprint density at radius 2 is 1.89 bits per heavy atom. The van der Waals surface area contributed by atoms with Crippen molar-refractivity contribution in [1.82, 2.24) is 13.3 Å². The summed E-state index contributed by atoms with van der Waals surface area (Å²) in [5.74, 6) is 0. The van der Waals surface area contributed by atoms with Crippen molar-refractivity contribution in [1.29, 1.82) is 0 Å². The van der Waals surface area contributed by atoms with Crippen molar-refractivity contribution in [2.24, 2.45) is 0 Å². The van der Waals surface area contributed by atoms with Gasteiger partial charge in [0.1, 0.15) is 12.4 Å². The van der Waals surface area contributed by atoms with Gasteiger partial charge in [0, 0.05) is 20.3 Å². The lowest BCUT2D eigenvalue weighted by atomic mass is 10.1. The third-order valence-electron chi connectivity index (χ3n) is 2.70. The second-order valence-corrected chi connectivity index (χ2v) is 6.28. The number of hydrogen-bond acceptors (Lipinski definition) is 4. The molecule has 0 aliphatic heterocycles. The number of aliphatic hydroxyl groups is 1. The van der Waals surface area contributed by atoms with Crippen LogP contribution in [0.15, 0.2) is 42.9 Å². The van der Waals surface area contributed by atoms with E-state index in [1.165, 1.54) is 26.6 Å². The van der Waals surface area contributed by atoms with Crippen molar-refractivity contribution in [3.63, 3.8) is 0 Å². The van der Waals surface area contributed by atoms with Gasteiger partial charge in [-0.25, -0.2) is 8.96 Å². The first-order valence-corrected chi connectivity index (χ1v) is 7.02. The smallest absolute Gasteiger partial charge is 0.308 e. The fourth-order valence-corrected chi connectivity index (χ4v) is 2.37. The van der Waals surface area contributed by atoms with Crippen molar-refractivity contribution in [3.05, 3.63) is 54.1 Å². The maximum Gasteiger partial charge on any atom is 0.308 e. The summed E-state index contributed by atoms with van der Waals surface area (Å²) < 4.78 is 25.8. The van der Waals surface area contributed by atoms with Crippen molar-refractivity contribution < 1.29 is 13.5 Å². The topological polar surface area (TPSA) is 75.4 Å². The molecular formula is C12H15N3O3S. The number of aliphatic hydroxyl groups excluding tert-OH is 1. The van der Waals surface area contributed by atoms with Crippen LogP contribution in [0.3, 0.4) is 0 Å². The van der Waals surface area contributed by atoms with Crippen LogP contribution in [-0.4, -0.2) is 40.9 Å². The predicted octanol–water partition coefficient (Wildman–Crippen LogP) is 0.619. The third-order valence-corrected chi connectivity index (χ3v) is 4.36. The maximum atomic E-state index is 11.9. The van der Waals surface area contributed by atoms with Gasteiger partial charge in [0.2, 0.25) is 0 Å². The fourth-order valence-electron chi connectivity index (χ4n) is 1.58. The standard InChI is InChI=1S/C12H15N3O3S/c1-14(2)19(17,18)15-8-11(13-9-15)12(16)10-6-4-3-5-7-10/h3-9,12,16H,1-2H3. The van der Waals surface area contributed by atoms with E-state index >= 15 is 0 Å². The van der Waals surface area contributed by atoms with Gasteiger partial charge in [-0.2, -0.15) is 12.7 Å². The molecule has 7 heteroatoms. The Labute approximate surface area is 112 Å². The van der Waals surface area contributed by atoms with Crippen molar-refractivity contribution >= 4 is 10.2 Å². The Morgan fingerprint density at radius 1 is 1.26 bits per heavy atom. The van der Waals surface area contributed by atoms with Crippen LogP contribution < -0.4 is 0 Å². The van der Waals surface area contributed by atoms with E-state index in [9.17, 15) is 13.5 Å². The zero-order valence-corrected chi connectivity index (χ0v) is 11.4. The molecule has 1 aromatic carbocycles. The first-order chi connectivity index (χ1) is 8.93. The molecule has 1 unspecified atom stereocenters. The van der Waals surface area contributed by atoms with Crippen LogP contribution in [0, 0.1) is 0 Å². The van der Waals surface area contributed by atoms with Gasteiger partial charge in [0.25, 0.3) is 0 Å². The minimum Gasteiger partial charge on any atom is -0.382 e. The van der Waals surface area contributed by atoms with Crippen molar-refractivity contribution in [3.8, 4) is 0 Å². The Kier molecular flexibility index (Phi) is 3.70. The lowest BCUT2D eigenvalue weighted by Gasteiger charge is -2.11. The van der Waals surface area contributed by atoms with Gasteiger partial charge >= 0.3 is 10.2 Å². The second kappa shape index (κ2) is 5.12. The first-order valence-electron chi connectivity index (χ1n) is 5.63. The molecule has 0 spiro atoms. The number of benzene rings is 1. The van der Waals surface area contributed by atoms with E-state index in [-0.39, 0.29) is 5.69 Å². The van der Waals surface area contributed by atoms with Crippen molar-refractivity contribution in [2.45, 2.75) is 6.10 Å². The summed E-state index contributed by atoms with van der Waals surface area (Å²) in [6.07, 6.45) is 1.55. The molecule has 2 rings (SSSR count). The second-order valence-electron chi connectivity index (χ2n) is 4.23. The highest BCUT2D eigenvalue weighted by Crippen LogP contribution is 2.20. The quantitative estimate of drug-likeness (QED) is 0.891. The zero-order valence-electron chi connectivity index (χ0n) is 10.6. The van der Waals surface area contributed by atoms with E-state index < -0.39 is 16.3 Å². The van der Waals surface area contributed by atoms with Crippen LogP contribution in [0.25, 0.3) is 0 Å². The van der Waals surface area contributed by atoms with Gasteiger partial charge in [0.05, 0.1) is 5.69 Å². The lowest BCUT2D eigenvalue weighted by Crippen LogP contribution is -2.27. The summed E-state index contributed by atoms with van der Waals surface area (Å²) in [5.41, 5.74) is 0.951. The minimum absolute atomic E-state index is 0.289. The predicted molar refractivity (Wildman–Crippen MR) is 70.7 cm³/mol. The van der Waals surface area contributed by atoms with Crippen LogP contribution in [0.4, 0.5) is 0 Å². The van der Waals surface area contributed by atoms with Gasteiger partial charge in [-0.15, -0.1) is 0 Å². The summed E-state index contributed by atoms with van der Waals surface area (Å²) in [4.78, 5) is 3.95. The number of imidazole rings is 1. The van der Waals surface area contributed by atoms with Crippen molar-refractivity contribution in [2.75, 3.05) is 14.1 Å². The molecule has 0 bridgehead atoms. The van der Waals surface area contributed by atoms with E-state index in [2.05, 4.69) is 4.98 Å². The Balaban J connectivity index is 2.32. The highest BCUT2D eigenvalue weighted by atomic mass is 32.2. The Bertz CT molecular complexity index is 650. The van der Waals surface area contributed by atoms with Crippen LogP contribution in [0.5, 0.6) is 0 Å². The molecular weight excluding hydrogens is 266 g/mol. The van der Waals surface area contributed by atoms with Gasteiger partial charge < -0.3 is 5.11 Å². The summed E-state index contributed by atoms with van der Waals surface area (Å²) in [5, 5.41) is 10.1. The van der Waals surface area contributed by atoms with E-state index in [1.54, 1.807) is 24.3 Å². The lowest BCUT2D eigenvalue weighted by molar-refractivity contribution is 0.216. The van der Waals surface area contributed by atoms with Crippen LogP contribution >= 0.6 is 0 Å². The van der Waals surface area contributed by atoms with Gasteiger partial charge in [-0.1, -0.05) is 30.3 Å². The largest absolute Gasteiger partial charge is 0.382 e. The molecule has 0 fully saturated rings. The van der Waals surface area contributed by atoms with E-state index in [0.717, 1.165) is 8.28 Å². The molecule has 0 saturated carbocycles. The summed E-state index contributed by atoms with van der Waals surface area (Å²) in [7, 11) is -0.729. The van der Waals surface area contributed by atoms with Crippen LogP contribution in [0.2, 0.25) is 0 Å². The van der Waals surface area contributed by atoms with Gasteiger partial charge in [0.15, 0.2) is 0 Å². The molecule has 102 valence electrons. The highest BCUT2D eigenvalue weighted by molar-refractivity contribution is 7.87. The SMILES string of the molecule is CN(C)S(=O)(=O)n1cnc(C(O)c2ccccc2)c1. The maximum absolute atomic E-state index is 11.9. The molecule has 0 amide bonds. The molecule has 0 aliphatic rings. The van der Waals surface area contributed by atoms with Gasteiger partial charge in [-0.3, -0.25) is 0 Å². The van der Waals surface area contributed by atoms with E-state index in [0.29, 0.717) is 5.56 Å². The molecule has 1 N–H and O–H groups in total. The van der Waals surface area contributed by atoms with Crippen LogP contribution in [-0.2, 0) is 10.2 Å². The van der Waals surface area contributed by atoms with Gasteiger partial charge in [-0.05, 0) is 5.56 Å². The molecule has 1 atom stereocenters. The molecule has 19 heavy (non-hydrogen) atoms. The normalized spacial score (nSPS) is 13.7. The molecule has 1 aromatic heterocycles. The zero-order chi connectivity index (χ0) is 14.0. The average Bonchev–Trinajstić information content (AvgIpc) is 2.89. The summed E-state index contributed by atoms with van der Waals surface area (Å²) in [6.45, 7) is 0. The summed E-state index contributed by atoms with van der Waals surface area (Å²) in [6, 6.07) is 8.94. The summed E-state index contributed by atoms with van der Waals surface area (Å²) >= 11 is 0. The molecule has 6 nitrogen and oxygen atoms in total. The molecule has 0 radical (unpaired) electrons. The number of aromatic nitrogens is 2. The number of hydrogen-bond donors (Lipinski definition) is 1. The van der Waals surface area contributed by atoms with E-state index in [4.69, 9.17) is 0 Å². The first kappa shape index (κ1) is 13.7. The molecule has 2 aromatic rings. The molecule has 0 saturated heterocycles. The Hall–Kier alpha value is -1.70. The average molecular weight is 281 g/mol. The monoisotopic (exact) mass is 281 g/mol. The van der Waals surface area contributed by atoms with Crippen LogP contribution in [0.1, 0.15) is 17.4 Å². The fraction of sp³-hybridized carbons (Fsp3) is 0.250. The number of rotatable bonds is 4. The third kappa shape index (κ3) is 2.67. The minimum atomic E-state index is -3.60. The molecule has 0 aliphatic carbocycles. The Morgan fingerprint density at radius 3 is 2.47 bits per heavy atom. The highest BCUT2D eigenvalue weighted by Gasteiger charge is 2.19. The number of nitrogens with zero attached hydrogens (tertiary/aromatic N) is 3.